The predicted molar refractivity (Wildman–Crippen MR) is 174 cm³/mol. The third kappa shape index (κ3) is 8.99. The molecule has 3 N–H and O–H groups in total. The van der Waals surface area contributed by atoms with E-state index in [1.165, 1.54) is 0 Å². The highest BCUT2D eigenvalue weighted by Crippen LogP contribution is 2.43. The molecular formula is C34H37N3O6S2. The maximum Gasteiger partial charge on any atom is 0.303 e. The number of hydrogen-bond acceptors (Lipinski definition) is 9. The number of aryl methyl sites for hydroxylation is 1. The summed E-state index contributed by atoms with van der Waals surface area (Å²) in [5.74, 6) is -0.313. The number of carbonyl (C=O) groups is 2. The Morgan fingerprint density at radius 2 is 1.69 bits per heavy atom. The van der Waals surface area contributed by atoms with Gasteiger partial charge in [0.05, 0.1) is 18.8 Å². The highest BCUT2D eigenvalue weighted by molar-refractivity contribution is 8.01. The third-order valence-electron chi connectivity index (χ3n) is 7.71. The summed E-state index contributed by atoms with van der Waals surface area (Å²) in [6.45, 7) is 4.43. The van der Waals surface area contributed by atoms with Gasteiger partial charge in [-0.15, -0.1) is 10.2 Å². The predicted octanol–water partition coefficient (Wildman–Crippen LogP) is 6.46. The molecule has 0 aliphatic carbocycles. The van der Waals surface area contributed by atoms with Gasteiger partial charge in [0.25, 0.3) is 0 Å². The monoisotopic (exact) mass is 647 g/mol. The average Bonchev–Trinajstić information content (AvgIpc) is 3.48. The molecule has 1 fully saturated rings. The molecule has 11 heteroatoms. The Morgan fingerprint density at radius 1 is 0.933 bits per heavy atom. The van der Waals surface area contributed by atoms with Crippen LogP contribution in [0, 0.1) is 12.8 Å². The van der Waals surface area contributed by atoms with Crippen molar-refractivity contribution in [3.05, 3.63) is 100 Å². The van der Waals surface area contributed by atoms with Gasteiger partial charge in [-0.3, -0.25) is 9.59 Å². The summed E-state index contributed by atoms with van der Waals surface area (Å²) < 4.78 is 14.2. The number of nitrogens with one attached hydrogen (secondary N) is 1. The normalized spacial score (nSPS) is 19.7. The Labute approximate surface area is 271 Å². The molecule has 1 aliphatic rings. The summed E-state index contributed by atoms with van der Waals surface area (Å²) in [6.07, 6.45) is -0.463. The Morgan fingerprint density at radius 3 is 2.40 bits per heavy atom. The highest BCUT2D eigenvalue weighted by Gasteiger charge is 2.38. The van der Waals surface area contributed by atoms with Gasteiger partial charge in [-0.25, -0.2) is 0 Å². The number of aromatic nitrogens is 2. The first-order chi connectivity index (χ1) is 21.8. The summed E-state index contributed by atoms with van der Waals surface area (Å²) in [6, 6.07) is 24.0. The van der Waals surface area contributed by atoms with E-state index in [0.717, 1.165) is 42.7 Å². The number of hydrogen-bond donors (Lipinski definition) is 3. The number of aliphatic hydroxyl groups is 1. The molecular weight excluding hydrogens is 611 g/mol. The molecule has 2 heterocycles. The van der Waals surface area contributed by atoms with Crippen LogP contribution in [0.2, 0.25) is 0 Å². The summed E-state index contributed by atoms with van der Waals surface area (Å²) in [5.41, 5.74) is 5.71. The molecule has 45 heavy (non-hydrogen) atoms. The number of carbonyl (C=O) groups excluding carboxylic acids is 1. The van der Waals surface area contributed by atoms with Crippen LogP contribution in [0.5, 0.6) is 0 Å². The van der Waals surface area contributed by atoms with Crippen LogP contribution in [0.3, 0.4) is 0 Å². The number of carboxylic acids is 1. The van der Waals surface area contributed by atoms with Gasteiger partial charge in [-0.2, -0.15) is 0 Å². The minimum Gasteiger partial charge on any atom is -0.481 e. The molecule has 3 aromatic carbocycles. The SMILES string of the molecule is Cc1nnc(SC[C@H]2O[C@@H](c3cccc(-c4cccc(CNC(=O)CCCC(=O)O)c4)c3)O[C@@H](c3ccc(CO)cc3)[C@H]2C)s1. The van der Waals surface area contributed by atoms with Crippen LogP contribution in [-0.4, -0.2) is 44.1 Å². The summed E-state index contributed by atoms with van der Waals surface area (Å²) in [5, 5.41) is 30.6. The zero-order valence-electron chi connectivity index (χ0n) is 25.2. The Kier molecular flexibility index (Phi) is 11.4. The maximum absolute atomic E-state index is 12.2. The molecule has 5 rings (SSSR count). The van der Waals surface area contributed by atoms with E-state index in [9.17, 15) is 14.7 Å². The van der Waals surface area contributed by atoms with E-state index in [4.69, 9.17) is 14.6 Å². The first-order valence-electron chi connectivity index (χ1n) is 14.9. The number of aliphatic carboxylic acids is 1. The number of benzene rings is 3. The number of aliphatic hydroxyl groups excluding tert-OH is 1. The first kappa shape index (κ1) is 32.8. The van der Waals surface area contributed by atoms with Crippen LogP contribution in [0.15, 0.2) is 77.1 Å². The zero-order valence-corrected chi connectivity index (χ0v) is 26.9. The topological polar surface area (TPSA) is 131 Å². The van der Waals surface area contributed by atoms with Crippen LogP contribution in [0.1, 0.15) is 65.8 Å². The van der Waals surface area contributed by atoms with Crippen molar-refractivity contribution in [1.82, 2.24) is 15.5 Å². The van der Waals surface area contributed by atoms with E-state index in [1.54, 1.807) is 23.1 Å². The molecule has 236 valence electrons. The fourth-order valence-electron chi connectivity index (χ4n) is 5.21. The average molecular weight is 648 g/mol. The minimum atomic E-state index is -0.902. The van der Waals surface area contributed by atoms with Crippen molar-refractivity contribution in [3.8, 4) is 11.1 Å². The minimum absolute atomic E-state index is 0.0131. The molecule has 1 aliphatic heterocycles. The molecule has 9 nitrogen and oxygen atoms in total. The van der Waals surface area contributed by atoms with Crippen molar-refractivity contribution in [2.45, 2.75) is 69.1 Å². The first-order valence-corrected chi connectivity index (χ1v) is 16.7. The Hall–Kier alpha value is -3.61. The van der Waals surface area contributed by atoms with E-state index >= 15 is 0 Å². The molecule has 0 bridgehead atoms. The number of ether oxygens (including phenoxy) is 2. The largest absolute Gasteiger partial charge is 0.481 e. The van der Waals surface area contributed by atoms with Crippen LogP contribution >= 0.6 is 23.1 Å². The van der Waals surface area contributed by atoms with Crippen molar-refractivity contribution in [2.75, 3.05) is 5.75 Å². The second kappa shape index (κ2) is 15.6. The second-order valence-electron chi connectivity index (χ2n) is 11.1. The fraction of sp³-hybridized carbons (Fsp3) is 0.353. The third-order valence-corrected chi connectivity index (χ3v) is 9.77. The van der Waals surface area contributed by atoms with E-state index in [0.29, 0.717) is 18.7 Å². The molecule has 0 unspecified atom stereocenters. The molecule has 4 aromatic rings. The van der Waals surface area contributed by atoms with Gasteiger partial charge in [0.15, 0.2) is 10.6 Å². The maximum atomic E-state index is 12.2. The van der Waals surface area contributed by atoms with Gasteiger partial charge >= 0.3 is 5.97 Å². The van der Waals surface area contributed by atoms with Crippen molar-refractivity contribution in [1.29, 1.82) is 0 Å². The Bertz CT molecular complexity index is 1590. The quantitative estimate of drug-likeness (QED) is 0.140. The molecule has 0 spiro atoms. The Balaban J connectivity index is 1.33. The van der Waals surface area contributed by atoms with Crippen LogP contribution in [0.25, 0.3) is 11.1 Å². The van der Waals surface area contributed by atoms with Gasteiger partial charge in [-0.05, 0) is 53.3 Å². The van der Waals surface area contributed by atoms with Gasteiger partial charge in [-0.1, -0.05) is 90.7 Å². The van der Waals surface area contributed by atoms with E-state index < -0.39 is 12.3 Å². The smallest absolute Gasteiger partial charge is 0.303 e. The second-order valence-corrected chi connectivity index (χ2v) is 13.5. The number of carboxylic acid groups (broad SMARTS) is 1. The van der Waals surface area contributed by atoms with Crippen LogP contribution in [0.4, 0.5) is 0 Å². The van der Waals surface area contributed by atoms with E-state index in [-0.39, 0.29) is 43.5 Å². The lowest BCUT2D eigenvalue weighted by molar-refractivity contribution is -0.268. The molecule has 1 saturated heterocycles. The summed E-state index contributed by atoms with van der Waals surface area (Å²) >= 11 is 3.21. The number of thioether (sulfide) groups is 1. The standard InChI is InChI=1S/C34H37N3O6S2/c1-21-29(20-44-34-37-36-22(2)45-34)42-33(43-32(21)25-14-12-23(19-38)13-15-25)28-9-4-8-27(17-28)26-7-3-6-24(16-26)18-35-30(39)10-5-11-31(40)41/h3-4,6-9,12-17,21,29,32-33,38H,5,10-11,18-20H2,1-2H3,(H,35,39)(H,40,41)/t21-,29+,32+,33+/m0/s1. The van der Waals surface area contributed by atoms with Crippen LogP contribution in [-0.2, 0) is 32.2 Å². The van der Waals surface area contributed by atoms with Crippen molar-refractivity contribution in [2.24, 2.45) is 5.92 Å². The van der Waals surface area contributed by atoms with Gasteiger partial charge < -0.3 is 25.0 Å². The molecule has 1 aromatic heterocycles. The van der Waals surface area contributed by atoms with Gasteiger partial charge in [0, 0.05) is 36.6 Å². The molecule has 0 saturated carbocycles. The molecule has 4 atom stereocenters. The fourth-order valence-corrected chi connectivity index (χ4v) is 7.22. The lowest BCUT2D eigenvalue weighted by Gasteiger charge is -2.41. The van der Waals surface area contributed by atoms with E-state index in [1.807, 2.05) is 73.7 Å². The highest BCUT2D eigenvalue weighted by atomic mass is 32.2. The molecule has 0 radical (unpaired) electrons. The van der Waals surface area contributed by atoms with Crippen molar-refractivity contribution < 1.29 is 29.3 Å². The van der Waals surface area contributed by atoms with Crippen LogP contribution < -0.4 is 5.32 Å². The summed E-state index contributed by atoms with van der Waals surface area (Å²) in [4.78, 5) is 22.9. The summed E-state index contributed by atoms with van der Waals surface area (Å²) in [7, 11) is 0. The number of nitrogens with zero attached hydrogens (tertiary/aromatic N) is 2. The number of amides is 1. The lowest BCUT2D eigenvalue weighted by Crippen LogP contribution is -2.38. The lowest BCUT2D eigenvalue weighted by atomic mass is 9.91. The van der Waals surface area contributed by atoms with Gasteiger partial charge in [0.1, 0.15) is 5.01 Å². The van der Waals surface area contributed by atoms with Crippen molar-refractivity contribution in [3.63, 3.8) is 0 Å². The van der Waals surface area contributed by atoms with Crippen molar-refractivity contribution >= 4 is 35.0 Å². The zero-order chi connectivity index (χ0) is 31.8. The van der Waals surface area contributed by atoms with E-state index in [2.05, 4.69) is 28.5 Å². The molecule has 1 amide bonds. The van der Waals surface area contributed by atoms with Gasteiger partial charge in [0.2, 0.25) is 5.91 Å². The number of rotatable bonds is 13.